The Hall–Kier alpha value is -3.83. The summed E-state index contributed by atoms with van der Waals surface area (Å²) < 4.78 is 5.35. The summed E-state index contributed by atoms with van der Waals surface area (Å²) >= 11 is 12.3. The van der Waals surface area contributed by atoms with Crippen LogP contribution in [-0.4, -0.2) is 12.6 Å². The van der Waals surface area contributed by atoms with Gasteiger partial charge in [-0.25, -0.2) is 4.79 Å². The summed E-state index contributed by atoms with van der Waals surface area (Å²) in [5.74, 6) is -1.39. The van der Waals surface area contributed by atoms with Crippen molar-refractivity contribution in [1.29, 1.82) is 10.5 Å². The number of nitrogens with zero attached hydrogens (tertiary/aromatic N) is 2. The minimum atomic E-state index is -1.68. The molecular formula is C29H20Cl2N2O2. The van der Waals surface area contributed by atoms with E-state index in [0.29, 0.717) is 26.8 Å². The van der Waals surface area contributed by atoms with Crippen molar-refractivity contribution in [1.82, 2.24) is 0 Å². The summed E-state index contributed by atoms with van der Waals surface area (Å²) in [6, 6.07) is 27.9. The zero-order chi connectivity index (χ0) is 25.0. The number of nitriles is 2. The van der Waals surface area contributed by atoms with E-state index in [1.54, 1.807) is 37.3 Å². The van der Waals surface area contributed by atoms with E-state index < -0.39 is 17.3 Å². The minimum absolute atomic E-state index is 0.171. The van der Waals surface area contributed by atoms with Gasteiger partial charge in [0, 0.05) is 15.6 Å². The quantitative estimate of drug-likeness (QED) is 0.351. The molecule has 1 aliphatic rings. The van der Waals surface area contributed by atoms with Gasteiger partial charge in [-0.05, 0) is 65.1 Å². The molecule has 172 valence electrons. The lowest BCUT2D eigenvalue weighted by atomic mass is 9.69. The van der Waals surface area contributed by atoms with Crippen LogP contribution < -0.4 is 0 Å². The number of carbonyl (C=O) groups is 1. The standard InChI is InChI=1S/C29H20Cl2N2O2/c1-2-35-28(34)24-16-25(29(17-32,18-33)27(24)21-6-4-3-5-7-21)26(19-8-12-22(30)13-9-19)20-10-14-23(31)15-11-20/h3-16,27H,2H2,1H3. The molecule has 0 fully saturated rings. The summed E-state index contributed by atoms with van der Waals surface area (Å²) in [5, 5.41) is 22.2. The van der Waals surface area contributed by atoms with Crippen LogP contribution in [0.2, 0.25) is 10.0 Å². The van der Waals surface area contributed by atoms with E-state index >= 15 is 0 Å². The van der Waals surface area contributed by atoms with Crippen molar-refractivity contribution in [3.05, 3.63) is 123 Å². The molecule has 1 atom stereocenters. The van der Waals surface area contributed by atoms with E-state index in [1.807, 2.05) is 54.6 Å². The van der Waals surface area contributed by atoms with E-state index in [4.69, 9.17) is 27.9 Å². The highest BCUT2D eigenvalue weighted by molar-refractivity contribution is 6.31. The van der Waals surface area contributed by atoms with Crippen LogP contribution in [0, 0.1) is 28.1 Å². The average Bonchev–Trinajstić information content (AvgIpc) is 3.22. The third-order valence-corrected chi connectivity index (χ3v) is 6.50. The van der Waals surface area contributed by atoms with Crippen molar-refractivity contribution in [2.45, 2.75) is 12.8 Å². The highest BCUT2D eigenvalue weighted by Crippen LogP contribution is 2.55. The van der Waals surface area contributed by atoms with Crippen molar-refractivity contribution < 1.29 is 9.53 Å². The number of esters is 1. The van der Waals surface area contributed by atoms with Crippen molar-refractivity contribution in [2.75, 3.05) is 6.61 Å². The maximum atomic E-state index is 13.1. The molecule has 0 aromatic heterocycles. The Morgan fingerprint density at radius 3 is 1.86 bits per heavy atom. The highest BCUT2D eigenvalue weighted by Gasteiger charge is 2.53. The first-order valence-electron chi connectivity index (χ1n) is 11.0. The molecular weight excluding hydrogens is 479 g/mol. The van der Waals surface area contributed by atoms with Gasteiger partial charge in [-0.15, -0.1) is 0 Å². The van der Waals surface area contributed by atoms with Crippen LogP contribution in [0.1, 0.15) is 29.5 Å². The monoisotopic (exact) mass is 498 g/mol. The Labute approximate surface area is 214 Å². The van der Waals surface area contributed by atoms with E-state index in [1.165, 1.54) is 0 Å². The molecule has 0 spiro atoms. The number of benzene rings is 3. The molecule has 0 amide bonds. The molecule has 0 heterocycles. The second-order valence-corrected chi connectivity index (χ2v) is 8.87. The molecule has 3 aromatic carbocycles. The molecule has 35 heavy (non-hydrogen) atoms. The molecule has 1 aliphatic carbocycles. The Morgan fingerprint density at radius 1 is 0.886 bits per heavy atom. The second kappa shape index (κ2) is 10.2. The molecule has 4 nitrogen and oxygen atoms in total. The summed E-state index contributed by atoms with van der Waals surface area (Å²) in [4.78, 5) is 13.1. The molecule has 3 aromatic rings. The average molecular weight is 499 g/mol. The van der Waals surface area contributed by atoms with Crippen LogP contribution in [0.4, 0.5) is 0 Å². The van der Waals surface area contributed by atoms with Gasteiger partial charge in [0.1, 0.15) is 0 Å². The van der Waals surface area contributed by atoms with Crippen LogP contribution in [0.25, 0.3) is 5.57 Å². The molecule has 0 aliphatic heterocycles. The van der Waals surface area contributed by atoms with Crippen LogP contribution in [-0.2, 0) is 9.53 Å². The van der Waals surface area contributed by atoms with Gasteiger partial charge in [0.05, 0.1) is 24.7 Å². The van der Waals surface area contributed by atoms with Crippen molar-refractivity contribution >= 4 is 34.7 Å². The fraction of sp³-hybridized carbons (Fsp3) is 0.138. The Balaban J connectivity index is 2.11. The van der Waals surface area contributed by atoms with Gasteiger partial charge in [0.2, 0.25) is 0 Å². The number of ether oxygens (including phenoxy) is 1. The third-order valence-electron chi connectivity index (χ3n) is 6.00. The van der Waals surface area contributed by atoms with Crippen LogP contribution in [0.3, 0.4) is 0 Å². The van der Waals surface area contributed by atoms with Gasteiger partial charge in [-0.3, -0.25) is 0 Å². The minimum Gasteiger partial charge on any atom is -0.463 e. The molecule has 6 heteroatoms. The number of rotatable bonds is 5. The molecule has 4 rings (SSSR count). The van der Waals surface area contributed by atoms with Gasteiger partial charge < -0.3 is 4.74 Å². The molecule has 0 radical (unpaired) electrons. The number of hydrogen-bond acceptors (Lipinski definition) is 4. The molecule has 0 saturated heterocycles. The molecule has 0 N–H and O–H groups in total. The SMILES string of the molecule is CCOC(=O)C1=CC(=C(c2ccc(Cl)cc2)c2ccc(Cl)cc2)C(C#N)(C#N)C1c1ccccc1. The predicted molar refractivity (Wildman–Crippen MR) is 136 cm³/mol. The zero-order valence-electron chi connectivity index (χ0n) is 18.8. The lowest BCUT2D eigenvalue weighted by Gasteiger charge is -2.27. The van der Waals surface area contributed by atoms with Gasteiger partial charge in [-0.2, -0.15) is 10.5 Å². The smallest absolute Gasteiger partial charge is 0.334 e. The topological polar surface area (TPSA) is 73.9 Å². The Kier molecular flexibility index (Phi) is 7.08. The summed E-state index contributed by atoms with van der Waals surface area (Å²) in [5.41, 5.74) is 1.81. The van der Waals surface area contributed by atoms with Crippen LogP contribution >= 0.6 is 23.2 Å². The van der Waals surface area contributed by atoms with E-state index in [2.05, 4.69) is 12.1 Å². The van der Waals surface area contributed by atoms with E-state index in [0.717, 1.165) is 11.1 Å². The van der Waals surface area contributed by atoms with Crippen LogP contribution in [0.5, 0.6) is 0 Å². The Morgan fingerprint density at radius 2 is 1.40 bits per heavy atom. The zero-order valence-corrected chi connectivity index (χ0v) is 20.3. The number of allylic oxidation sites excluding steroid dienone is 2. The maximum absolute atomic E-state index is 13.1. The first-order valence-corrected chi connectivity index (χ1v) is 11.7. The fourth-order valence-corrected chi connectivity index (χ4v) is 4.71. The maximum Gasteiger partial charge on any atom is 0.334 e. The first kappa shape index (κ1) is 24.3. The van der Waals surface area contributed by atoms with Crippen molar-refractivity contribution in [3.63, 3.8) is 0 Å². The second-order valence-electron chi connectivity index (χ2n) is 8.00. The third kappa shape index (κ3) is 4.47. The van der Waals surface area contributed by atoms with Gasteiger partial charge in [0.15, 0.2) is 5.41 Å². The summed E-state index contributed by atoms with van der Waals surface area (Å²) in [7, 11) is 0. The summed E-state index contributed by atoms with van der Waals surface area (Å²) in [6.45, 7) is 1.89. The van der Waals surface area contributed by atoms with Crippen molar-refractivity contribution in [3.8, 4) is 12.1 Å². The van der Waals surface area contributed by atoms with Crippen LogP contribution in [0.15, 0.2) is 96.1 Å². The van der Waals surface area contributed by atoms with Gasteiger partial charge >= 0.3 is 5.97 Å². The highest BCUT2D eigenvalue weighted by atomic mass is 35.5. The normalized spacial score (nSPS) is 16.1. The van der Waals surface area contributed by atoms with E-state index in [-0.39, 0.29) is 12.2 Å². The number of carbonyl (C=O) groups excluding carboxylic acids is 1. The summed E-state index contributed by atoms with van der Waals surface area (Å²) in [6.07, 6.45) is 1.64. The molecule has 1 unspecified atom stereocenters. The van der Waals surface area contributed by atoms with Gasteiger partial charge in [0.25, 0.3) is 0 Å². The number of hydrogen-bond donors (Lipinski definition) is 0. The lowest BCUT2D eigenvalue weighted by Crippen LogP contribution is -2.27. The van der Waals surface area contributed by atoms with E-state index in [9.17, 15) is 15.3 Å². The number of halogens is 2. The largest absolute Gasteiger partial charge is 0.463 e. The molecule has 0 bridgehead atoms. The predicted octanol–water partition coefficient (Wildman–Crippen LogP) is 7.12. The fourth-order valence-electron chi connectivity index (χ4n) is 4.46. The molecule has 0 saturated carbocycles. The van der Waals surface area contributed by atoms with Crippen molar-refractivity contribution in [2.24, 2.45) is 5.41 Å². The lowest BCUT2D eigenvalue weighted by molar-refractivity contribution is -0.138. The van der Waals surface area contributed by atoms with Gasteiger partial charge in [-0.1, -0.05) is 77.8 Å². The first-order chi connectivity index (χ1) is 16.9. The Bertz CT molecular complexity index is 1330.